The van der Waals surface area contributed by atoms with Crippen molar-refractivity contribution in [2.75, 3.05) is 29.9 Å². The third-order valence-electron chi connectivity index (χ3n) is 6.11. The Morgan fingerprint density at radius 3 is 2.27 bits per heavy atom. The number of halogens is 3. The first-order chi connectivity index (χ1) is 21.5. The van der Waals surface area contributed by atoms with Gasteiger partial charge in [-0.05, 0) is 72.3 Å². The van der Waals surface area contributed by atoms with Crippen LogP contribution in [0.25, 0.3) is 0 Å². The van der Waals surface area contributed by atoms with Crippen LogP contribution >= 0.6 is 0 Å². The molecule has 0 atom stereocenters. The fraction of sp³-hybridized carbons (Fsp3) is 0.129. The van der Waals surface area contributed by atoms with Crippen LogP contribution in [-0.4, -0.2) is 46.7 Å². The molecule has 0 aromatic heterocycles. The molecule has 0 fully saturated rings. The van der Waals surface area contributed by atoms with Gasteiger partial charge < -0.3 is 14.8 Å². The quantitative estimate of drug-likeness (QED) is 0.164. The Kier molecular flexibility index (Phi) is 10.4. The van der Waals surface area contributed by atoms with E-state index in [0.717, 1.165) is 18.2 Å². The second kappa shape index (κ2) is 14.4. The lowest BCUT2D eigenvalue weighted by Crippen LogP contribution is -2.39. The molecule has 0 heterocycles. The zero-order chi connectivity index (χ0) is 32.5. The lowest BCUT2D eigenvalue weighted by Gasteiger charge is -2.24. The molecule has 0 aliphatic rings. The van der Waals surface area contributed by atoms with E-state index in [0.29, 0.717) is 33.1 Å². The largest absolute Gasteiger partial charge is 0.495 e. The highest BCUT2D eigenvalue weighted by atomic mass is 32.2. The predicted molar refractivity (Wildman–Crippen MR) is 162 cm³/mol. The summed E-state index contributed by atoms with van der Waals surface area (Å²) in [6.45, 7) is -1.12. The van der Waals surface area contributed by atoms with E-state index < -0.39 is 40.1 Å². The number of carbonyl (C=O) groups is 2. The zero-order valence-corrected chi connectivity index (χ0v) is 24.5. The molecule has 4 aromatic rings. The van der Waals surface area contributed by atoms with Gasteiger partial charge in [0, 0.05) is 0 Å². The van der Waals surface area contributed by atoms with Crippen molar-refractivity contribution in [3.8, 4) is 11.5 Å². The molecule has 4 aromatic carbocycles. The van der Waals surface area contributed by atoms with E-state index in [1.807, 2.05) is 0 Å². The Morgan fingerprint density at radius 1 is 0.889 bits per heavy atom. The summed E-state index contributed by atoms with van der Waals surface area (Å²) < 4.78 is 78.0. The molecule has 0 saturated heterocycles. The third kappa shape index (κ3) is 8.83. The fourth-order valence-electron chi connectivity index (χ4n) is 3.95. The Labute approximate surface area is 257 Å². The number of hydrazone groups is 1. The van der Waals surface area contributed by atoms with Crippen molar-refractivity contribution >= 4 is 39.4 Å². The molecule has 0 radical (unpaired) electrons. The molecular formula is C31H27F3N4O6S. The standard InChI is InChI=1S/C31H27F3N4O6S/c1-43-28-13-6-5-12-27(28)36-30(40)21-44-25-16-14-22(15-17-25)19-35-37-29(39)20-38(45(41,42)26-10-3-2-4-11-26)24-9-7-8-23(18-24)31(32,33)34/h2-19H,20-21H2,1H3,(H,36,40)(H,37,39)/b35-19-. The summed E-state index contributed by atoms with van der Waals surface area (Å²) in [6.07, 6.45) is -3.45. The van der Waals surface area contributed by atoms with Gasteiger partial charge in [0.25, 0.3) is 21.8 Å². The number of benzene rings is 4. The van der Waals surface area contributed by atoms with E-state index in [9.17, 15) is 31.2 Å². The Bertz CT molecular complexity index is 1770. The number of amides is 2. The van der Waals surface area contributed by atoms with Crippen molar-refractivity contribution in [1.29, 1.82) is 0 Å². The Balaban J connectivity index is 1.38. The van der Waals surface area contributed by atoms with Crippen LogP contribution < -0.4 is 24.5 Å². The van der Waals surface area contributed by atoms with Gasteiger partial charge in [-0.3, -0.25) is 13.9 Å². The number of hydrogen-bond donors (Lipinski definition) is 2. The van der Waals surface area contributed by atoms with Crippen LogP contribution in [-0.2, 0) is 25.8 Å². The molecule has 2 amide bonds. The number of nitrogens with one attached hydrogen (secondary N) is 2. The molecule has 234 valence electrons. The minimum Gasteiger partial charge on any atom is -0.495 e. The lowest BCUT2D eigenvalue weighted by atomic mass is 10.2. The van der Waals surface area contributed by atoms with E-state index in [4.69, 9.17) is 9.47 Å². The van der Waals surface area contributed by atoms with E-state index >= 15 is 0 Å². The molecule has 0 saturated carbocycles. The monoisotopic (exact) mass is 640 g/mol. The van der Waals surface area contributed by atoms with Crippen LogP contribution in [0.2, 0.25) is 0 Å². The van der Waals surface area contributed by atoms with Crippen molar-refractivity contribution < 1.29 is 40.7 Å². The average molecular weight is 641 g/mol. The van der Waals surface area contributed by atoms with Gasteiger partial charge in [0.05, 0.1) is 35.2 Å². The number of sulfonamides is 1. The van der Waals surface area contributed by atoms with Crippen molar-refractivity contribution in [2.45, 2.75) is 11.1 Å². The van der Waals surface area contributed by atoms with Crippen LogP contribution in [0.4, 0.5) is 24.5 Å². The molecule has 10 nitrogen and oxygen atoms in total. The van der Waals surface area contributed by atoms with Gasteiger partial charge in [0.1, 0.15) is 18.0 Å². The molecule has 0 bridgehead atoms. The van der Waals surface area contributed by atoms with E-state index in [-0.39, 0.29) is 17.2 Å². The number of para-hydroxylation sites is 2. The maximum Gasteiger partial charge on any atom is 0.416 e. The highest BCUT2D eigenvalue weighted by Gasteiger charge is 2.33. The molecule has 0 aliphatic carbocycles. The van der Waals surface area contributed by atoms with Crippen molar-refractivity contribution in [1.82, 2.24) is 5.43 Å². The minimum absolute atomic E-state index is 0.210. The number of rotatable bonds is 12. The molecule has 45 heavy (non-hydrogen) atoms. The zero-order valence-electron chi connectivity index (χ0n) is 23.7. The summed E-state index contributed by atoms with van der Waals surface area (Å²) in [6, 6.07) is 24.0. The molecule has 4 rings (SSSR count). The lowest BCUT2D eigenvalue weighted by molar-refractivity contribution is -0.137. The van der Waals surface area contributed by atoms with Crippen LogP contribution in [0, 0.1) is 0 Å². The van der Waals surface area contributed by atoms with Gasteiger partial charge in [-0.2, -0.15) is 18.3 Å². The summed E-state index contributed by atoms with van der Waals surface area (Å²) in [7, 11) is -2.93. The maximum atomic E-state index is 13.4. The van der Waals surface area contributed by atoms with Crippen molar-refractivity contribution in [3.63, 3.8) is 0 Å². The van der Waals surface area contributed by atoms with Crippen LogP contribution in [0.3, 0.4) is 0 Å². The highest BCUT2D eigenvalue weighted by Crippen LogP contribution is 2.33. The fourth-order valence-corrected chi connectivity index (χ4v) is 5.38. The molecule has 0 unspecified atom stereocenters. The molecular weight excluding hydrogens is 613 g/mol. The number of carbonyl (C=O) groups excluding carboxylic acids is 2. The second-order valence-corrected chi connectivity index (χ2v) is 11.1. The van der Waals surface area contributed by atoms with Crippen LogP contribution in [0.5, 0.6) is 11.5 Å². The van der Waals surface area contributed by atoms with E-state index in [1.54, 1.807) is 54.6 Å². The van der Waals surface area contributed by atoms with Crippen molar-refractivity contribution in [3.05, 3.63) is 114 Å². The third-order valence-corrected chi connectivity index (χ3v) is 7.90. The summed E-state index contributed by atoms with van der Waals surface area (Å²) in [5.41, 5.74) is 1.79. The number of alkyl halides is 3. The molecule has 14 heteroatoms. The first kappa shape index (κ1) is 32.5. The maximum absolute atomic E-state index is 13.4. The molecule has 2 N–H and O–H groups in total. The van der Waals surface area contributed by atoms with Gasteiger partial charge in [-0.25, -0.2) is 13.8 Å². The summed E-state index contributed by atoms with van der Waals surface area (Å²) >= 11 is 0. The number of methoxy groups -OCH3 is 1. The number of nitrogens with zero attached hydrogens (tertiary/aromatic N) is 2. The van der Waals surface area contributed by atoms with Gasteiger partial charge in [-0.1, -0.05) is 36.4 Å². The number of hydrogen-bond acceptors (Lipinski definition) is 7. The highest BCUT2D eigenvalue weighted by molar-refractivity contribution is 7.92. The summed E-state index contributed by atoms with van der Waals surface area (Å²) in [4.78, 5) is 24.8. The first-order valence-electron chi connectivity index (χ1n) is 13.2. The van der Waals surface area contributed by atoms with E-state index in [2.05, 4.69) is 15.8 Å². The first-order valence-corrected chi connectivity index (χ1v) is 14.6. The van der Waals surface area contributed by atoms with Crippen LogP contribution in [0.15, 0.2) is 113 Å². The SMILES string of the molecule is COc1ccccc1NC(=O)COc1ccc(/C=N\NC(=O)CN(c2cccc(C(F)(F)F)c2)S(=O)(=O)c2ccccc2)cc1. The van der Waals surface area contributed by atoms with Gasteiger partial charge in [0.2, 0.25) is 0 Å². The minimum atomic E-state index is -4.73. The summed E-state index contributed by atoms with van der Waals surface area (Å²) in [5, 5.41) is 6.52. The number of ether oxygens (including phenoxy) is 2. The molecule has 0 spiro atoms. The van der Waals surface area contributed by atoms with Crippen LogP contribution in [0.1, 0.15) is 11.1 Å². The second-order valence-electron chi connectivity index (χ2n) is 9.27. The Hall–Kier alpha value is -5.37. The molecule has 0 aliphatic heterocycles. The Morgan fingerprint density at radius 2 is 1.58 bits per heavy atom. The normalized spacial score (nSPS) is 11.6. The van der Waals surface area contributed by atoms with Gasteiger partial charge in [-0.15, -0.1) is 0 Å². The average Bonchev–Trinajstić information content (AvgIpc) is 3.03. The number of anilines is 2. The smallest absolute Gasteiger partial charge is 0.416 e. The predicted octanol–water partition coefficient (Wildman–Crippen LogP) is 5.08. The van der Waals surface area contributed by atoms with E-state index in [1.165, 1.54) is 37.6 Å². The summed E-state index contributed by atoms with van der Waals surface area (Å²) in [5.74, 6) is -0.414. The van der Waals surface area contributed by atoms with Gasteiger partial charge in [0.15, 0.2) is 6.61 Å². The van der Waals surface area contributed by atoms with Gasteiger partial charge >= 0.3 is 6.18 Å². The topological polar surface area (TPSA) is 126 Å². The van der Waals surface area contributed by atoms with Crippen molar-refractivity contribution in [2.24, 2.45) is 5.10 Å².